The second-order valence-corrected chi connectivity index (χ2v) is 8.03. The van der Waals surface area contributed by atoms with Gasteiger partial charge in [-0.1, -0.05) is 6.07 Å². The first kappa shape index (κ1) is 19.6. The minimum absolute atomic E-state index is 0.00777. The molecule has 2 fully saturated rings. The molecule has 0 spiro atoms. The standard InChI is InChI=1S/C22H28N4O3/c1-15-3-4-17(13-16(15)2)22(28)25-10-6-19(7-11-25)26-20(5-9-23-26)24-21(27)18-8-12-29-14-18/h3-5,9,13,18-19H,6-8,10-12,14H2,1-2H3,(H,24,27)/t18-/m0/s1. The Morgan fingerprint density at radius 2 is 1.90 bits per heavy atom. The summed E-state index contributed by atoms with van der Waals surface area (Å²) < 4.78 is 7.20. The molecule has 7 nitrogen and oxygen atoms in total. The molecule has 1 N–H and O–H groups in total. The molecule has 0 saturated carbocycles. The number of anilines is 1. The summed E-state index contributed by atoms with van der Waals surface area (Å²) in [6.07, 6.45) is 4.10. The van der Waals surface area contributed by atoms with Crippen LogP contribution in [0.25, 0.3) is 0 Å². The van der Waals surface area contributed by atoms with Crippen molar-refractivity contribution in [2.45, 2.75) is 39.2 Å². The zero-order valence-electron chi connectivity index (χ0n) is 17.1. The zero-order chi connectivity index (χ0) is 20.4. The lowest BCUT2D eigenvalue weighted by Gasteiger charge is -2.33. The van der Waals surface area contributed by atoms with Gasteiger partial charge in [-0.15, -0.1) is 0 Å². The summed E-state index contributed by atoms with van der Waals surface area (Å²) in [5.41, 5.74) is 3.07. The molecule has 1 aromatic heterocycles. The molecular weight excluding hydrogens is 368 g/mol. The number of hydrogen-bond donors (Lipinski definition) is 1. The van der Waals surface area contributed by atoms with Crippen LogP contribution in [0.5, 0.6) is 0 Å². The maximum Gasteiger partial charge on any atom is 0.253 e. The monoisotopic (exact) mass is 396 g/mol. The summed E-state index contributed by atoms with van der Waals surface area (Å²) in [5, 5.41) is 7.44. The fourth-order valence-corrected chi connectivity index (χ4v) is 4.04. The van der Waals surface area contributed by atoms with Crippen molar-refractivity contribution in [3.63, 3.8) is 0 Å². The van der Waals surface area contributed by atoms with Crippen LogP contribution in [0.2, 0.25) is 0 Å². The van der Waals surface area contributed by atoms with E-state index in [9.17, 15) is 9.59 Å². The van der Waals surface area contributed by atoms with Gasteiger partial charge < -0.3 is 15.0 Å². The lowest BCUT2D eigenvalue weighted by molar-refractivity contribution is -0.119. The van der Waals surface area contributed by atoms with E-state index in [2.05, 4.69) is 17.3 Å². The Morgan fingerprint density at radius 1 is 1.10 bits per heavy atom. The molecule has 2 aliphatic heterocycles. The van der Waals surface area contributed by atoms with Crippen LogP contribution in [0.15, 0.2) is 30.5 Å². The van der Waals surface area contributed by atoms with Crippen LogP contribution in [0.3, 0.4) is 0 Å². The predicted octanol–water partition coefficient (Wildman–Crippen LogP) is 2.95. The van der Waals surface area contributed by atoms with Crippen molar-refractivity contribution in [1.82, 2.24) is 14.7 Å². The van der Waals surface area contributed by atoms with Crippen LogP contribution >= 0.6 is 0 Å². The molecule has 4 rings (SSSR count). The largest absolute Gasteiger partial charge is 0.381 e. The van der Waals surface area contributed by atoms with Crippen LogP contribution < -0.4 is 5.32 Å². The third-order valence-electron chi connectivity index (χ3n) is 6.07. The van der Waals surface area contributed by atoms with Gasteiger partial charge in [-0.3, -0.25) is 9.59 Å². The minimum atomic E-state index is -0.0872. The lowest BCUT2D eigenvalue weighted by atomic mass is 10.0. The van der Waals surface area contributed by atoms with Crippen molar-refractivity contribution in [2.24, 2.45) is 5.92 Å². The van der Waals surface area contributed by atoms with Crippen molar-refractivity contribution in [2.75, 3.05) is 31.6 Å². The van der Waals surface area contributed by atoms with Gasteiger partial charge in [-0.05, 0) is 56.4 Å². The highest BCUT2D eigenvalue weighted by molar-refractivity contribution is 5.94. The topological polar surface area (TPSA) is 76.5 Å². The number of aryl methyl sites for hydroxylation is 2. The molecule has 2 aromatic rings. The van der Waals surface area contributed by atoms with Gasteiger partial charge in [-0.2, -0.15) is 5.10 Å². The number of likely N-dealkylation sites (tertiary alicyclic amines) is 1. The number of benzene rings is 1. The van der Waals surface area contributed by atoms with Gasteiger partial charge in [0.25, 0.3) is 5.91 Å². The lowest BCUT2D eigenvalue weighted by Crippen LogP contribution is -2.39. The van der Waals surface area contributed by atoms with Gasteiger partial charge in [-0.25, -0.2) is 4.68 Å². The third kappa shape index (κ3) is 4.19. The third-order valence-corrected chi connectivity index (χ3v) is 6.07. The van der Waals surface area contributed by atoms with Gasteiger partial charge in [0.2, 0.25) is 5.91 Å². The number of amides is 2. The SMILES string of the molecule is Cc1ccc(C(=O)N2CCC(n3nccc3NC(=O)[C@H]3CCOC3)CC2)cc1C. The Morgan fingerprint density at radius 3 is 2.59 bits per heavy atom. The first-order valence-corrected chi connectivity index (χ1v) is 10.3. The highest BCUT2D eigenvalue weighted by Gasteiger charge is 2.28. The van der Waals surface area contributed by atoms with Crippen molar-refractivity contribution < 1.29 is 14.3 Å². The first-order chi connectivity index (χ1) is 14.0. The van der Waals surface area contributed by atoms with E-state index in [4.69, 9.17) is 4.74 Å². The second kappa shape index (κ2) is 8.37. The zero-order valence-corrected chi connectivity index (χ0v) is 17.1. The van der Waals surface area contributed by atoms with Crippen molar-refractivity contribution in [3.8, 4) is 0 Å². The van der Waals surface area contributed by atoms with Crippen LogP contribution in [0.4, 0.5) is 5.82 Å². The molecule has 3 heterocycles. The Balaban J connectivity index is 1.37. The van der Waals surface area contributed by atoms with E-state index in [0.717, 1.165) is 36.2 Å². The molecule has 2 aliphatic rings. The number of aromatic nitrogens is 2. The average Bonchev–Trinajstić information content (AvgIpc) is 3.42. The van der Waals surface area contributed by atoms with E-state index in [-0.39, 0.29) is 23.8 Å². The predicted molar refractivity (Wildman–Crippen MR) is 110 cm³/mol. The summed E-state index contributed by atoms with van der Waals surface area (Å²) >= 11 is 0. The number of carbonyl (C=O) groups is 2. The number of ether oxygens (including phenoxy) is 1. The molecule has 1 aromatic carbocycles. The minimum Gasteiger partial charge on any atom is -0.381 e. The molecule has 0 unspecified atom stereocenters. The summed E-state index contributed by atoms with van der Waals surface area (Å²) in [6, 6.07) is 7.88. The number of hydrogen-bond acceptors (Lipinski definition) is 4. The van der Waals surface area contributed by atoms with E-state index >= 15 is 0 Å². The highest BCUT2D eigenvalue weighted by Crippen LogP contribution is 2.27. The molecule has 154 valence electrons. The maximum absolute atomic E-state index is 12.9. The molecule has 7 heteroatoms. The van der Waals surface area contributed by atoms with E-state index in [1.54, 1.807) is 6.20 Å². The van der Waals surface area contributed by atoms with E-state index in [0.29, 0.717) is 26.3 Å². The molecule has 2 amide bonds. The van der Waals surface area contributed by atoms with Crippen LogP contribution in [-0.2, 0) is 9.53 Å². The van der Waals surface area contributed by atoms with Gasteiger partial charge in [0.15, 0.2) is 0 Å². The molecule has 29 heavy (non-hydrogen) atoms. The van der Waals surface area contributed by atoms with Crippen LogP contribution in [-0.4, -0.2) is 52.8 Å². The summed E-state index contributed by atoms with van der Waals surface area (Å²) in [6.45, 7) is 6.57. The summed E-state index contributed by atoms with van der Waals surface area (Å²) in [4.78, 5) is 27.2. The van der Waals surface area contributed by atoms with E-state index in [1.165, 1.54) is 5.56 Å². The number of piperidine rings is 1. The second-order valence-electron chi connectivity index (χ2n) is 8.03. The smallest absolute Gasteiger partial charge is 0.253 e. The maximum atomic E-state index is 12.9. The Labute approximate surface area is 171 Å². The van der Waals surface area contributed by atoms with Crippen molar-refractivity contribution >= 4 is 17.6 Å². The fraction of sp³-hybridized carbons (Fsp3) is 0.500. The molecule has 0 radical (unpaired) electrons. The summed E-state index contributed by atoms with van der Waals surface area (Å²) in [7, 11) is 0. The summed E-state index contributed by atoms with van der Waals surface area (Å²) in [5.74, 6) is 0.713. The molecule has 0 bridgehead atoms. The molecule has 2 saturated heterocycles. The van der Waals surface area contributed by atoms with E-state index in [1.807, 2.05) is 40.8 Å². The number of rotatable bonds is 4. The van der Waals surface area contributed by atoms with Crippen LogP contribution in [0.1, 0.15) is 46.8 Å². The molecular formula is C22H28N4O3. The van der Waals surface area contributed by atoms with Crippen LogP contribution in [0, 0.1) is 19.8 Å². The highest BCUT2D eigenvalue weighted by atomic mass is 16.5. The van der Waals surface area contributed by atoms with Crippen molar-refractivity contribution in [1.29, 1.82) is 0 Å². The van der Waals surface area contributed by atoms with E-state index < -0.39 is 0 Å². The normalized spacial score (nSPS) is 20.1. The first-order valence-electron chi connectivity index (χ1n) is 10.3. The van der Waals surface area contributed by atoms with Gasteiger partial charge >= 0.3 is 0 Å². The van der Waals surface area contributed by atoms with Gasteiger partial charge in [0.1, 0.15) is 5.82 Å². The fourth-order valence-electron chi connectivity index (χ4n) is 4.04. The number of carbonyl (C=O) groups excluding carboxylic acids is 2. The number of nitrogens with zero attached hydrogens (tertiary/aromatic N) is 3. The van der Waals surface area contributed by atoms with Gasteiger partial charge in [0.05, 0.1) is 24.8 Å². The Hall–Kier alpha value is -2.67. The Bertz CT molecular complexity index is 893. The number of nitrogens with one attached hydrogen (secondary N) is 1. The quantitative estimate of drug-likeness (QED) is 0.862. The Kier molecular flexibility index (Phi) is 5.67. The molecule has 0 aliphatic carbocycles. The molecule has 1 atom stereocenters. The van der Waals surface area contributed by atoms with Crippen molar-refractivity contribution in [3.05, 3.63) is 47.2 Å². The van der Waals surface area contributed by atoms with Gasteiger partial charge in [0, 0.05) is 31.3 Å². The average molecular weight is 396 g/mol.